The molecule has 3 unspecified atom stereocenters. The third kappa shape index (κ3) is 2.68. The first-order chi connectivity index (χ1) is 8.74. The summed E-state index contributed by atoms with van der Waals surface area (Å²) in [6, 6.07) is 1.80. The summed E-state index contributed by atoms with van der Waals surface area (Å²) in [5.41, 5.74) is 0. The fraction of sp³-hybridized carbons (Fsp3) is 0.923. The van der Waals surface area contributed by atoms with Crippen molar-refractivity contribution in [2.75, 3.05) is 24.3 Å². The van der Waals surface area contributed by atoms with Gasteiger partial charge in [0.1, 0.15) is 0 Å². The van der Waals surface area contributed by atoms with Gasteiger partial charge in [0.2, 0.25) is 5.91 Å². The maximum atomic E-state index is 12.5. The highest BCUT2D eigenvalue weighted by Gasteiger charge is 2.37. The van der Waals surface area contributed by atoms with Crippen LogP contribution in [0.2, 0.25) is 0 Å². The highest BCUT2D eigenvalue weighted by atomic mass is 32.2. The van der Waals surface area contributed by atoms with Crippen LogP contribution in [0.15, 0.2) is 0 Å². The van der Waals surface area contributed by atoms with E-state index in [4.69, 9.17) is 0 Å². The van der Waals surface area contributed by atoms with Gasteiger partial charge in [-0.1, -0.05) is 0 Å². The highest BCUT2D eigenvalue weighted by Crippen LogP contribution is 2.31. The van der Waals surface area contributed by atoms with E-state index < -0.39 is 0 Å². The van der Waals surface area contributed by atoms with Crippen molar-refractivity contribution in [3.63, 3.8) is 0 Å². The minimum Gasteiger partial charge on any atom is -0.342 e. The number of hydrogen-bond acceptors (Lipinski definition) is 4. The monoisotopic (exact) mass is 286 g/mol. The summed E-state index contributed by atoms with van der Waals surface area (Å²) in [7, 11) is 2.03. The lowest BCUT2D eigenvalue weighted by atomic mass is 9.98. The summed E-state index contributed by atoms with van der Waals surface area (Å²) in [6.45, 7) is 0. The van der Waals surface area contributed by atoms with E-state index in [1.54, 1.807) is 0 Å². The van der Waals surface area contributed by atoms with Crippen LogP contribution >= 0.6 is 23.5 Å². The number of hydrogen-bond donors (Lipinski definition) is 1. The van der Waals surface area contributed by atoms with Gasteiger partial charge in [-0.15, -0.1) is 11.8 Å². The van der Waals surface area contributed by atoms with E-state index in [-0.39, 0.29) is 5.25 Å². The van der Waals surface area contributed by atoms with E-state index >= 15 is 0 Å². The van der Waals surface area contributed by atoms with Crippen molar-refractivity contribution in [2.45, 2.75) is 49.1 Å². The molecule has 3 nitrogen and oxygen atoms in total. The molecule has 3 aliphatic rings. The first-order valence-corrected chi connectivity index (χ1v) is 9.16. The molecule has 3 rings (SSSR count). The molecule has 0 saturated carbocycles. The average molecular weight is 286 g/mol. The number of piperidine rings is 1. The summed E-state index contributed by atoms with van der Waals surface area (Å²) >= 11 is 3.78. The van der Waals surface area contributed by atoms with Crippen molar-refractivity contribution < 1.29 is 4.79 Å². The molecule has 102 valence electrons. The van der Waals surface area contributed by atoms with Crippen molar-refractivity contribution in [1.82, 2.24) is 10.2 Å². The SMILES string of the molecule is CN(C(=O)C1CSCCS1)C1CC2CCC(C1)N2. The van der Waals surface area contributed by atoms with Crippen LogP contribution in [0.5, 0.6) is 0 Å². The van der Waals surface area contributed by atoms with Gasteiger partial charge in [-0.25, -0.2) is 0 Å². The van der Waals surface area contributed by atoms with Crippen LogP contribution in [-0.4, -0.2) is 58.5 Å². The second-order valence-electron chi connectivity index (χ2n) is 5.65. The number of fused-ring (bicyclic) bond motifs is 2. The second kappa shape index (κ2) is 5.63. The average Bonchev–Trinajstić information content (AvgIpc) is 2.77. The fourth-order valence-corrected chi connectivity index (χ4v) is 6.03. The smallest absolute Gasteiger partial charge is 0.236 e. The van der Waals surface area contributed by atoms with Crippen LogP contribution in [0.4, 0.5) is 0 Å². The van der Waals surface area contributed by atoms with Crippen molar-refractivity contribution in [3.05, 3.63) is 0 Å². The number of carbonyl (C=O) groups is 1. The molecule has 0 aromatic rings. The number of carbonyl (C=O) groups excluding carboxylic acids is 1. The zero-order valence-electron chi connectivity index (χ0n) is 10.9. The van der Waals surface area contributed by atoms with Crippen LogP contribution in [0, 0.1) is 0 Å². The van der Waals surface area contributed by atoms with Crippen LogP contribution in [0.25, 0.3) is 0 Å². The second-order valence-corrected chi connectivity index (χ2v) is 8.11. The summed E-state index contributed by atoms with van der Waals surface area (Å²) in [5, 5.41) is 3.86. The van der Waals surface area contributed by atoms with Crippen LogP contribution in [0.3, 0.4) is 0 Å². The van der Waals surface area contributed by atoms with Crippen molar-refractivity contribution in [2.24, 2.45) is 0 Å². The van der Waals surface area contributed by atoms with Gasteiger partial charge in [-0.3, -0.25) is 4.79 Å². The van der Waals surface area contributed by atoms with Crippen molar-refractivity contribution >= 4 is 29.4 Å². The Kier molecular flexibility index (Phi) is 4.11. The van der Waals surface area contributed by atoms with Gasteiger partial charge in [0.05, 0.1) is 5.25 Å². The van der Waals surface area contributed by atoms with Gasteiger partial charge in [0, 0.05) is 42.4 Å². The molecule has 0 aromatic heterocycles. The Bertz CT molecular complexity index is 308. The van der Waals surface area contributed by atoms with Crippen LogP contribution in [0.1, 0.15) is 25.7 Å². The normalized spacial score (nSPS) is 39.6. The number of thioether (sulfide) groups is 2. The minimum atomic E-state index is 0.210. The summed E-state index contributed by atoms with van der Waals surface area (Å²) in [6.07, 6.45) is 4.92. The maximum absolute atomic E-state index is 12.5. The topological polar surface area (TPSA) is 32.3 Å². The molecule has 0 radical (unpaired) electrons. The van der Waals surface area contributed by atoms with E-state index in [1.165, 1.54) is 18.6 Å². The van der Waals surface area contributed by atoms with Gasteiger partial charge >= 0.3 is 0 Å². The van der Waals surface area contributed by atoms with E-state index in [9.17, 15) is 4.79 Å². The summed E-state index contributed by atoms with van der Waals surface area (Å²) in [4.78, 5) is 14.6. The highest BCUT2D eigenvalue weighted by molar-refractivity contribution is 8.07. The Balaban J connectivity index is 1.59. The molecule has 3 heterocycles. The van der Waals surface area contributed by atoms with Crippen molar-refractivity contribution in [1.29, 1.82) is 0 Å². The zero-order chi connectivity index (χ0) is 12.5. The quantitative estimate of drug-likeness (QED) is 0.835. The first-order valence-electron chi connectivity index (χ1n) is 6.96. The van der Waals surface area contributed by atoms with Crippen LogP contribution in [-0.2, 0) is 4.79 Å². The predicted octanol–water partition coefficient (Wildman–Crippen LogP) is 1.58. The third-order valence-corrected chi connectivity index (χ3v) is 7.18. The lowest BCUT2D eigenvalue weighted by Crippen LogP contribution is -2.51. The molecule has 3 saturated heterocycles. The molecule has 2 bridgehead atoms. The number of nitrogens with zero attached hydrogens (tertiary/aromatic N) is 1. The standard InChI is InChI=1S/C13H22N2OS2/c1-15(13(16)12-8-17-4-5-18-12)11-6-9-2-3-10(7-11)14-9/h9-12,14H,2-8H2,1H3. The van der Waals surface area contributed by atoms with Gasteiger partial charge in [-0.2, -0.15) is 11.8 Å². The predicted molar refractivity (Wildman–Crippen MR) is 79.3 cm³/mol. The van der Waals surface area contributed by atoms with Gasteiger partial charge in [0.15, 0.2) is 0 Å². The number of nitrogens with one attached hydrogen (secondary N) is 1. The van der Waals surface area contributed by atoms with E-state index in [2.05, 4.69) is 10.2 Å². The Morgan fingerprint density at radius 2 is 1.94 bits per heavy atom. The Morgan fingerprint density at radius 3 is 2.56 bits per heavy atom. The lowest BCUT2D eigenvalue weighted by molar-refractivity contribution is -0.131. The number of amides is 1. The van der Waals surface area contributed by atoms with Crippen molar-refractivity contribution in [3.8, 4) is 0 Å². The van der Waals surface area contributed by atoms with Gasteiger partial charge in [-0.05, 0) is 25.7 Å². The molecule has 0 spiro atoms. The molecule has 3 fully saturated rings. The molecule has 0 aliphatic carbocycles. The molecule has 3 aliphatic heterocycles. The first kappa shape index (κ1) is 13.1. The molecule has 1 N–H and O–H groups in total. The summed E-state index contributed by atoms with van der Waals surface area (Å²) < 4.78 is 0. The Morgan fingerprint density at radius 1 is 1.22 bits per heavy atom. The van der Waals surface area contributed by atoms with E-state index in [0.717, 1.165) is 24.3 Å². The van der Waals surface area contributed by atoms with Gasteiger partial charge < -0.3 is 10.2 Å². The molecular formula is C13H22N2OS2. The molecule has 1 amide bonds. The van der Waals surface area contributed by atoms with Gasteiger partial charge in [0.25, 0.3) is 0 Å². The summed E-state index contributed by atoms with van der Waals surface area (Å²) in [5.74, 6) is 3.71. The largest absolute Gasteiger partial charge is 0.342 e. The minimum absolute atomic E-state index is 0.210. The lowest BCUT2D eigenvalue weighted by Gasteiger charge is -2.37. The Labute approximate surface area is 118 Å². The number of rotatable bonds is 2. The molecule has 0 aromatic carbocycles. The Hall–Kier alpha value is 0.130. The fourth-order valence-electron chi connectivity index (χ4n) is 3.38. The molecular weight excluding hydrogens is 264 g/mol. The third-order valence-electron chi connectivity index (χ3n) is 4.43. The molecule has 3 atom stereocenters. The van der Waals surface area contributed by atoms with Crippen LogP contribution < -0.4 is 5.32 Å². The van der Waals surface area contributed by atoms with E-state index in [0.29, 0.717) is 24.0 Å². The molecule has 5 heteroatoms. The maximum Gasteiger partial charge on any atom is 0.236 e. The van der Waals surface area contributed by atoms with E-state index in [1.807, 2.05) is 30.6 Å². The molecule has 18 heavy (non-hydrogen) atoms. The zero-order valence-corrected chi connectivity index (χ0v) is 12.6.